The molecule has 1 aromatic carbocycles. The van der Waals surface area contributed by atoms with Gasteiger partial charge in [0.25, 0.3) is 0 Å². The van der Waals surface area contributed by atoms with Crippen LogP contribution in [-0.2, 0) is 4.74 Å². The van der Waals surface area contributed by atoms with Gasteiger partial charge in [0.15, 0.2) is 0 Å². The molecule has 1 fully saturated rings. The minimum atomic E-state index is 0.228. The van der Waals surface area contributed by atoms with Crippen LogP contribution in [0.3, 0.4) is 0 Å². The highest BCUT2D eigenvalue weighted by Gasteiger charge is 2.19. The number of halogens is 1. The third kappa shape index (κ3) is 1.68. The number of aromatic nitrogens is 1. The lowest BCUT2D eigenvalue weighted by Gasteiger charge is -2.12. The fourth-order valence-electron chi connectivity index (χ4n) is 2.25. The van der Waals surface area contributed by atoms with Crippen molar-refractivity contribution in [2.75, 3.05) is 6.61 Å². The molecule has 0 spiro atoms. The van der Waals surface area contributed by atoms with E-state index in [1.165, 1.54) is 5.56 Å². The number of pyridine rings is 1. The molecule has 82 valence electrons. The Morgan fingerprint density at radius 3 is 3.06 bits per heavy atom. The predicted molar refractivity (Wildman–Crippen MR) is 64.7 cm³/mol. The Labute approximate surface area is 99.2 Å². The molecule has 3 heteroatoms. The van der Waals surface area contributed by atoms with E-state index in [-0.39, 0.29) is 6.10 Å². The first-order valence-corrected chi connectivity index (χ1v) is 5.88. The number of nitrogens with zero attached hydrogens (tertiary/aromatic N) is 1. The number of fused-ring (bicyclic) bond motifs is 1. The second-order valence-corrected chi connectivity index (χ2v) is 4.50. The van der Waals surface area contributed by atoms with Crippen molar-refractivity contribution in [3.8, 4) is 0 Å². The fourth-order valence-corrected chi connectivity index (χ4v) is 2.41. The van der Waals surface area contributed by atoms with Crippen LogP contribution in [0, 0.1) is 0 Å². The van der Waals surface area contributed by atoms with Gasteiger partial charge >= 0.3 is 0 Å². The van der Waals surface area contributed by atoms with E-state index in [0.29, 0.717) is 0 Å². The summed E-state index contributed by atoms with van der Waals surface area (Å²) in [6.07, 6.45) is 4.30. The van der Waals surface area contributed by atoms with Crippen LogP contribution in [0.5, 0.6) is 0 Å². The van der Waals surface area contributed by atoms with Crippen molar-refractivity contribution in [1.82, 2.24) is 4.98 Å². The molecule has 0 bridgehead atoms. The van der Waals surface area contributed by atoms with Crippen molar-refractivity contribution >= 4 is 22.5 Å². The Kier molecular flexibility index (Phi) is 2.54. The molecule has 3 rings (SSSR count). The lowest BCUT2D eigenvalue weighted by Crippen LogP contribution is -1.97. The highest BCUT2D eigenvalue weighted by Crippen LogP contribution is 2.33. The Balaban J connectivity index is 2.16. The van der Waals surface area contributed by atoms with Gasteiger partial charge in [-0.25, -0.2) is 0 Å². The lowest BCUT2D eigenvalue weighted by atomic mass is 10.0. The first kappa shape index (κ1) is 10.1. The van der Waals surface area contributed by atoms with Crippen molar-refractivity contribution in [3.63, 3.8) is 0 Å². The van der Waals surface area contributed by atoms with E-state index in [1.54, 1.807) is 0 Å². The van der Waals surface area contributed by atoms with Crippen LogP contribution in [0.25, 0.3) is 10.9 Å². The average Bonchev–Trinajstić information content (AvgIpc) is 2.81. The smallest absolute Gasteiger partial charge is 0.0832 e. The van der Waals surface area contributed by atoms with Crippen LogP contribution < -0.4 is 0 Å². The van der Waals surface area contributed by atoms with Crippen molar-refractivity contribution in [1.29, 1.82) is 0 Å². The van der Waals surface area contributed by atoms with E-state index >= 15 is 0 Å². The highest BCUT2D eigenvalue weighted by molar-refractivity contribution is 6.31. The molecule has 0 amide bonds. The summed E-state index contributed by atoms with van der Waals surface area (Å²) in [7, 11) is 0. The lowest BCUT2D eigenvalue weighted by molar-refractivity contribution is 0.113. The predicted octanol–water partition coefficient (Wildman–Crippen LogP) is 3.74. The van der Waals surface area contributed by atoms with Gasteiger partial charge in [-0.05, 0) is 36.6 Å². The molecule has 0 saturated carbocycles. The first-order chi connectivity index (χ1) is 7.84. The molecular weight excluding hydrogens is 222 g/mol. The summed E-state index contributed by atoms with van der Waals surface area (Å²) in [6.45, 7) is 0.863. The number of hydrogen-bond donors (Lipinski definition) is 0. The summed E-state index contributed by atoms with van der Waals surface area (Å²) in [6, 6.07) is 7.88. The van der Waals surface area contributed by atoms with Crippen molar-refractivity contribution < 1.29 is 4.74 Å². The Bertz CT molecular complexity index is 520. The van der Waals surface area contributed by atoms with E-state index in [4.69, 9.17) is 16.3 Å². The molecule has 1 aliphatic heterocycles. The topological polar surface area (TPSA) is 22.1 Å². The van der Waals surface area contributed by atoms with Gasteiger partial charge in [-0.15, -0.1) is 0 Å². The van der Waals surface area contributed by atoms with E-state index in [1.807, 2.05) is 30.5 Å². The molecule has 2 heterocycles. The van der Waals surface area contributed by atoms with E-state index in [0.717, 1.165) is 35.4 Å². The second kappa shape index (κ2) is 4.04. The maximum atomic E-state index is 5.96. The molecule has 1 aliphatic rings. The number of ether oxygens (including phenoxy) is 1. The molecule has 2 nitrogen and oxygen atoms in total. The van der Waals surface area contributed by atoms with Gasteiger partial charge in [-0.2, -0.15) is 0 Å². The monoisotopic (exact) mass is 233 g/mol. The fraction of sp³-hybridized carbons (Fsp3) is 0.308. The second-order valence-electron chi connectivity index (χ2n) is 4.06. The first-order valence-electron chi connectivity index (χ1n) is 5.50. The van der Waals surface area contributed by atoms with Crippen LogP contribution in [0.4, 0.5) is 0 Å². The molecule has 0 radical (unpaired) electrons. The molecule has 1 saturated heterocycles. The van der Waals surface area contributed by atoms with E-state index in [2.05, 4.69) is 4.98 Å². The quantitative estimate of drug-likeness (QED) is 0.749. The Hall–Kier alpha value is -1.12. The summed E-state index contributed by atoms with van der Waals surface area (Å²) in [5, 5.41) is 1.88. The minimum Gasteiger partial charge on any atom is -0.374 e. The van der Waals surface area contributed by atoms with Crippen molar-refractivity contribution in [2.24, 2.45) is 0 Å². The van der Waals surface area contributed by atoms with Crippen molar-refractivity contribution in [3.05, 3.63) is 41.0 Å². The Morgan fingerprint density at radius 1 is 1.31 bits per heavy atom. The number of hydrogen-bond acceptors (Lipinski definition) is 2. The molecular formula is C13H12ClNO. The molecule has 1 unspecified atom stereocenters. The largest absolute Gasteiger partial charge is 0.374 e. The van der Waals surface area contributed by atoms with Gasteiger partial charge in [-0.3, -0.25) is 4.98 Å². The zero-order chi connectivity index (χ0) is 11.0. The third-order valence-electron chi connectivity index (χ3n) is 3.02. The van der Waals surface area contributed by atoms with Gasteiger partial charge in [-0.1, -0.05) is 17.7 Å². The summed E-state index contributed by atoms with van der Waals surface area (Å²) >= 11 is 5.96. The van der Waals surface area contributed by atoms with E-state index < -0.39 is 0 Å². The van der Waals surface area contributed by atoms with Crippen LogP contribution in [-0.4, -0.2) is 11.6 Å². The molecule has 2 aromatic rings. The van der Waals surface area contributed by atoms with Gasteiger partial charge in [0, 0.05) is 23.2 Å². The van der Waals surface area contributed by atoms with E-state index in [9.17, 15) is 0 Å². The van der Waals surface area contributed by atoms with Crippen molar-refractivity contribution in [2.45, 2.75) is 18.9 Å². The maximum Gasteiger partial charge on any atom is 0.0832 e. The minimum absolute atomic E-state index is 0.228. The summed E-state index contributed by atoms with van der Waals surface area (Å²) in [4.78, 5) is 4.33. The molecule has 1 aromatic heterocycles. The van der Waals surface area contributed by atoms with Crippen LogP contribution >= 0.6 is 11.6 Å². The summed E-state index contributed by atoms with van der Waals surface area (Å²) in [5.74, 6) is 0. The summed E-state index contributed by atoms with van der Waals surface area (Å²) < 4.78 is 5.72. The third-order valence-corrected chi connectivity index (χ3v) is 3.25. The van der Waals surface area contributed by atoms with Crippen LogP contribution in [0.1, 0.15) is 24.5 Å². The number of benzene rings is 1. The molecule has 16 heavy (non-hydrogen) atoms. The Morgan fingerprint density at radius 2 is 2.25 bits per heavy atom. The molecule has 0 aliphatic carbocycles. The zero-order valence-electron chi connectivity index (χ0n) is 8.82. The van der Waals surface area contributed by atoms with Gasteiger partial charge in [0.2, 0.25) is 0 Å². The SMILES string of the molecule is Clc1ccc2c(C3CCCO3)ccnc2c1. The maximum absolute atomic E-state index is 5.96. The normalized spacial score (nSPS) is 20.4. The summed E-state index contributed by atoms with van der Waals surface area (Å²) in [5.41, 5.74) is 2.18. The van der Waals surface area contributed by atoms with Crippen LogP contribution in [0.15, 0.2) is 30.5 Å². The van der Waals surface area contributed by atoms with Gasteiger partial charge in [0.05, 0.1) is 11.6 Å². The van der Waals surface area contributed by atoms with Gasteiger partial charge < -0.3 is 4.74 Å². The average molecular weight is 234 g/mol. The van der Waals surface area contributed by atoms with Gasteiger partial charge in [0.1, 0.15) is 0 Å². The van der Waals surface area contributed by atoms with Crippen LogP contribution in [0.2, 0.25) is 5.02 Å². The highest BCUT2D eigenvalue weighted by atomic mass is 35.5. The zero-order valence-corrected chi connectivity index (χ0v) is 9.57. The molecule has 0 N–H and O–H groups in total. The number of rotatable bonds is 1. The molecule has 1 atom stereocenters. The standard InChI is InChI=1S/C13H12ClNO/c14-9-3-4-10-11(13-2-1-7-16-13)5-6-15-12(10)8-9/h3-6,8,13H,1-2,7H2.